The molecule has 0 bridgehead atoms. The summed E-state index contributed by atoms with van der Waals surface area (Å²) < 4.78 is 18.9. The molecule has 0 atom stereocenters. The molecule has 3 nitrogen and oxygen atoms in total. The standard InChI is InChI=1S/C18H16FNO2/c1-4-6-14(16(19)5-2)17-15-11-13(18(21)22-3)8-7-12(15)9-10-20-17/h4-11H,1H2,2-3H3/b14-6+,16-5+. The van der Waals surface area contributed by atoms with E-state index in [-0.39, 0.29) is 0 Å². The Bertz CT molecular complexity index is 791. The first-order chi connectivity index (χ1) is 10.6. The van der Waals surface area contributed by atoms with Crippen molar-refractivity contribution in [2.45, 2.75) is 6.92 Å². The average Bonchev–Trinajstić information content (AvgIpc) is 2.57. The minimum absolute atomic E-state index is 0.324. The second-order valence-electron chi connectivity index (χ2n) is 4.54. The molecule has 112 valence electrons. The zero-order valence-corrected chi connectivity index (χ0v) is 12.5. The fourth-order valence-electron chi connectivity index (χ4n) is 2.17. The maximum atomic E-state index is 14.1. The van der Waals surface area contributed by atoms with Crippen LogP contribution in [-0.2, 0) is 4.74 Å². The number of nitrogens with zero attached hydrogens (tertiary/aromatic N) is 1. The second-order valence-corrected chi connectivity index (χ2v) is 4.54. The number of halogens is 1. The second kappa shape index (κ2) is 6.80. The van der Waals surface area contributed by atoms with Crippen molar-refractivity contribution in [1.82, 2.24) is 4.98 Å². The van der Waals surface area contributed by atoms with Crippen molar-refractivity contribution in [2.24, 2.45) is 0 Å². The molecule has 0 unspecified atom stereocenters. The van der Waals surface area contributed by atoms with Crippen LogP contribution in [0.1, 0.15) is 23.0 Å². The van der Waals surface area contributed by atoms with Crippen LogP contribution in [0.5, 0.6) is 0 Å². The lowest BCUT2D eigenvalue weighted by Gasteiger charge is -2.09. The van der Waals surface area contributed by atoms with E-state index in [4.69, 9.17) is 4.74 Å². The summed E-state index contributed by atoms with van der Waals surface area (Å²) in [4.78, 5) is 16.0. The van der Waals surface area contributed by atoms with Crippen molar-refractivity contribution in [1.29, 1.82) is 0 Å². The molecule has 1 aromatic carbocycles. The molecule has 0 aliphatic heterocycles. The molecular formula is C18H16FNO2. The normalized spacial score (nSPS) is 12.3. The third-order valence-electron chi connectivity index (χ3n) is 3.24. The predicted molar refractivity (Wildman–Crippen MR) is 86.1 cm³/mol. The summed E-state index contributed by atoms with van der Waals surface area (Å²) in [5.74, 6) is -0.846. The number of hydrogen-bond donors (Lipinski definition) is 0. The zero-order valence-electron chi connectivity index (χ0n) is 12.5. The lowest BCUT2D eigenvalue weighted by Crippen LogP contribution is -2.01. The van der Waals surface area contributed by atoms with Crippen LogP contribution in [0.4, 0.5) is 4.39 Å². The number of benzene rings is 1. The molecule has 1 heterocycles. The van der Waals surface area contributed by atoms with E-state index in [9.17, 15) is 9.18 Å². The summed E-state index contributed by atoms with van der Waals surface area (Å²) >= 11 is 0. The van der Waals surface area contributed by atoms with Gasteiger partial charge in [-0.15, -0.1) is 0 Å². The Morgan fingerprint density at radius 3 is 2.77 bits per heavy atom. The van der Waals surface area contributed by atoms with Crippen LogP contribution in [0.25, 0.3) is 16.3 Å². The van der Waals surface area contributed by atoms with Crippen molar-refractivity contribution in [3.63, 3.8) is 0 Å². The summed E-state index contributed by atoms with van der Waals surface area (Å²) in [5.41, 5.74) is 1.17. The summed E-state index contributed by atoms with van der Waals surface area (Å²) in [6, 6.07) is 6.91. The average molecular weight is 297 g/mol. The molecule has 0 radical (unpaired) electrons. The highest BCUT2D eigenvalue weighted by molar-refractivity contribution is 6.00. The van der Waals surface area contributed by atoms with Crippen molar-refractivity contribution in [3.05, 3.63) is 72.4 Å². The molecule has 4 heteroatoms. The molecule has 0 aliphatic rings. The van der Waals surface area contributed by atoms with E-state index >= 15 is 0 Å². The minimum Gasteiger partial charge on any atom is -0.465 e. The Morgan fingerprint density at radius 1 is 1.36 bits per heavy atom. The summed E-state index contributed by atoms with van der Waals surface area (Å²) in [5, 5.41) is 1.53. The van der Waals surface area contributed by atoms with Gasteiger partial charge in [-0.05, 0) is 30.5 Å². The van der Waals surface area contributed by atoms with Crippen LogP contribution in [-0.4, -0.2) is 18.1 Å². The third-order valence-corrected chi connectivity index (χ3v) is 3.24. The Kier molecular flexibility index (Phi) is 4.84. The number of allylic oxidation sites excluding steroid dienone is 5. The van der Waals surface area contributed by atoms with Gasteiger partial charge >= 0.3 is 5.97 Å². The molecule has 22 heavy (non-hydrogen) atoms. The van der Waals surface area contributed by atoms with E-state index in [1.54, 1.807) is 43.5 Å². The molecule has 0 aliphatic carbocycles. The van der Waals surface area contributed by atoms with Gasteiger partial charge in [0.25, 0.3) is 0 Å². The number of pyridine rings is 1. The highest BCUT2D eigenvalue weighted by Crippen LogP contribution is 2.29. The van der Waals surface area contributed by atoms with Gasteiger partial charge in [-0.1, -0.05) is 30.9 Å². The van der Waals surface area contributed by atoms with Crippen molar-refractivity contribution < 1.29 is 13.9 Å². The molecule has 0 fully saturated rings. The fraction of sp³-hybridized carbons (Fsp3) is 0.111. The van der Waals surface area contributed by atoms with Crippen LogP contribution in [0.3, 0.4) is 0 Å². The Hall–Kier alpha value is -2.75. The van der Waals surface area contributed by atoms with Crippen LogP contribution >= 0.6 is 0 Å². The predicted octanol–water partition coefficient (Wildman–Crippen LogP) is 4.46. The lowest BCUT2D eigenvalue weighted by atomic mass is 10.0. The lowest BCUT2D eigenvalue weighted by molar-refractivity contribution is 0.0601. The quantitative estimate of drug-likeness (QED) is 0.617. The number of fused-ring (bicyclic) bond motifs is 1. The van der Waals surface area contributed by atoms with E-state index in [0.29, 0.717) is 22.2 Å². The molecule has 0 saturated carbocycles. The summed E-state index contributed by atoms with van der Waals surface area (Å²) in [6.45, 7) is 5.22. The van der Waals surface area contributed by atoms with Gasteiger partial charge in [-0.25, -0.2) is 9.18 Å². The van der Waals surface area contributed by atoms with E-state index in [2.05, 4.69) is 11.6 Å². The topological polar surface area (TPSA) is 39.2 Å². The third kappa shape index (κ3) is 2.96. The Balaban J connectivity index is 2.74. The maximum Gasteiger partial charge on any atom is 0.337 e. The maximum absolute atomic E-state index is 14.1. The number of esters is 1. The van der Waals surface area contributed by atoms with Crippen LogP contribution in [0.15, 0.2) is 61.1 Å². The summed E-state index contributed by atoms with van der Waals surface area (Å²) in [6.07, 6.45) is 6.03. The van der Waals surface area contributed by atoms with Crippen LogP contribution in [0, 0.1) is 0 Å². The van der Waals surface area contributed by atoms with E-state index < -0.39 is 11.8 Å². The van der Waals surface area contributed by atoms with Crippen molar-refractivity contribution in [2.75, 3.05) is 7.11 Å². The van der Waals surface area contributed by atoms with Crippen molar-refractivity contribution in [3.8, 4) is 0 Å². The largest absolute Gasteiger partial charge is 0.465 e. The first-order valence-corrected chi connectivity index (χ1v) is 6.74. The number of methoxy groups -OCH3 is 1. The van der Waals surface area contributed by atoms with Gasteiger partial charge in [0, 0.05) is 17.2 Å². The van der Waals surface area contributed by atoms with Gasteiger partial charge in [0.05, 0.1) is 18.4 Å². The SMILES string of the molecule is C=C/C=C(\C(F)=C/C)c1nccc2ccc(C(=O)OC)cc12. The first kappa shape index (κ1) is 15.6. The number of carbonyl (C=O) groups is 1. The van der Waals surface area contributed by atoms with Gasteiger partial charge in [0.2, 0.25) is 0 Å². The molecule has 0 spiro atoms. The van der Waals surface area contributed by atoms with Crippen LogP contribution < -0.4 is 0 Å². The molecule has 0 N–H and O–H groups in total. The molecule has 2 rings (SSSR count). The van der Waals surface area contributed by atoms with Gasteiger partial charge in [0.15, 0.2) is 0 Å². The first-order valence-electron chi connectivity index (χ1n) is 6.74. The Morgan fingerprint density at radius 2 is 2.14 bits per heavy atom. The van der Waals surface area contributed by atoms with E-state index in [1.807, 2.05) is 0 Å². The molecule has 0 saturated heterocycles. The smallest absolute Gasteiger partial charge is 0.337 e. The molecule has 1 aromatic heterocycles. The number of rotatable bonds is 4. The molecular weight excluding hydrogens is 281 g/mol. The number of carbonyl (C=O) groups excluding carboxylic acids is 1. The highest BCUT2D eigenvalue weighted by atomic mass is 19.1. The van der Waals surface area contributed by atoms with Gasteiger partial charge in [0.1, 0.15) is 5.83 Å². The summed E-state index contributed by atoms with van der Waals surface area (Å²) in [7, 11) is 1.32. The van der Waals surface area contributed by atoms with E-state index in [1.165, 1.54) is 19.3 Å². The van der Waals surface area contributed by atoms with E-state index in [0.717, 1.165) is 5.39 Å². The molecule has 2 aromatic rings. The van der Waals surface area contributed by atoms with Gasteiger partial charge in [-0.2, -0.15) is 0 Å². The van der Waals surface area contributed by atoms with Gasteiger partial charge in [-0.3, -0.25) is 4.98 Å². The van der Waals surface area contributed by atoms with Crippen molar-refractivity contribution >= 4 is 22.3 Å². The highest BCUT2D eigenvalue weighted by Gasteiger charge is 2.14. The number of ether oxygens (including phenoxy) is 1. The van der Waals surface area contributed by atoms with Gasteiger partial charge < -0.3 is 4.74 Å². The fourth-order valence-corrected chi connectivity index (χ4v) is 2.17. The van der Waals surface area contributed by atoms with Crippen LogP contribution in [0.2, 0.25) is 0 Å². The monoisotopic (exact) mass is 297 g/mol. The number of aromatic nitrogens is 1. The minimum atomic E-state index is -0.447. The molecule has 0 amide bonds. The number of hydrogen-bond acceptors (Lipinski definition) is 3. The Labute approximate surface area is 128 Å². The zero-order chi connectivity index (χ0) is 16.1.